The summed E-state index contributed by atoms with van der Waals surface area (Å²) in [5, 5.41) is 8.61. The van der Waals surface area contributed by atoms with Crippen LogP contribution in [0.4, 0.5) is 0 Å². The molecule has 1 fully saturated rings. The predicted molar refractivity (Wildman–Crippen MR) is 52.1 cm³/mol. The summed E-state index contributed by atoms with van der Waals surface area (Å²) in [5.41, 5.74) is 5.70. The van der Waals surface area contributed by atoms with Crippen molar-refractivity contribution in [2.45, 2.75) is 32.7 Å². The van der Waals surface area contributed by atoms with Gasteiger partial charge in [0.2, 0.25) is 0 Å². The van der Waals surface area contributed by atoms with Gasteiger partial charge in [0.1, 0.15) is 0 Å². The number of hydrogen-bond acceptors (Lipinski definition) is 3. The van der Waals surface area contributed by atoms with E-state index >= 15 is 0 Å². The van der Waals surface area contributed by atoms with Crippen LogP contribution in [0.5, 0.6) is 0 Å². The molecule has 0 bridgehead atoms. The number of nitrogens with zero attached hydrogens (tertiary/aromatic N) is 1. The van der Waals surface area contributed by atoms with Gasteiger partial charge in [0, 0.05) is 12.6 Å². The average Bonchev–Trinajstić information content (AvgIpc) is 2.13. The quantitative estimate of drug-likeness (QED) is 0.638. The summed E-state index contributed by atoms with van der Waals surface area (Å²) < 4.78 is 0. The standard InChI is InChI=1S/C7H16N2O.C2H6/c8-7-1-3-9(4-2-7)5-6-10;1-2/h7,10H,1-6,8H2;1-2H3. The zero-order valence-electron chi connectivity index (χ0n) is 8.29. The number of rotatable bonds is 2. The number of likely N-dealkylation sites (tertiary alicyclic amines) is 1. The second kappa shape index (κ2) is 7.53. The van der Waals surface area contributed by atoms with E-state index in [0.29, 0.717) is 6.04 Å². The van der Waals surface area contributed by atoms with E-state index in [0.717, 1.165) is 32.5 Å². The molecule has 0 saturated carbocycles. The van der Waals surface area contributed by atoms with E-state index in [-0.39, 0.29) is 6.61 Å². The summed E-state index contributed by atoms with van der Waals surface area (Å²) >= 11 is 0. The van der Waals surface area contributed by atoms with Crippen LogP contribution in [0.15, 0.2) is 0 Å². The first kappa shape index (κ1) is 11.9. The first-order valence-corrected chi connectivity index (χ1v) is 4.91. The van der Waals surface area contributed by atoms with Gasteiger partial charge in [0.15, 0.2) is 0 Å². The molecule has 74 valence electrons. The van der Waals surface area contributed by atoms with Crippen LogP contribution >= 0.6 is 0 Å². The fourth-order valence-electron chi connectivity index (χ4n) is 1.32. The number of hydrogen-bond donors (Lipinski definition) is 2. The first-order valence-electron chi connectivity index (χ1n) is 4.91. The molecule has 0 aliphatic carbocycles. The van der Waals surface area contributed by atoms with Gasteiger partial charge in [-0.1, -0.05) is 13.8 Å². The lowest BCUT2D eigenvalue weighted by molar-refractivity contribution is 0.165. The third kappa shape index (κ3) is 4.70. The highest BCUT2D eigenvalue weighted by Crippen LogP contribution is 2.06. The number of piperidine rings is 1. The molecule has 3 nitrogen and oxygen atoms in total. The zero-order chi connectivity index (χ0) is 9.40. The maximum atomic E-state index is 8.61. The minimum atomic E-state index is 0.273. The summed E-state index contributed by atoms with van der Waals surface area (Å²) in [4.78, 5) is 2.25. The maximum Gasteiger partial charge on any atom is 0.0558 e. The largest absolute Gasteiger partial charge is 0.395 e. The molecule has 0 unspecified atom stereocenters. The highest BCUT2D eigenvalue weighted by Gasteiger charge is 2.14. The second-order valence-electron chi connectivity index (χ2n) is 2.90. The van der Waals surface area contributed by atoms with Crippen molar-refractivity contribution in [1.82, 2.24) is 4.90 Å². The van der Waals surface area contributed by atoms with Crippen LogP contribution in [0, 0.1) is 0 Å². The van der Waals surface area contributed by atoms with E-state index in [1.54, 1.807) is 0 Å². The second-order valence-corrected chi connectivity index (χ2v) is 2.90. The zero-order valence-corrected chi connectivity index (χ0v) is 8.29. The van der Waals surface area contributed by atoms with Crippen molar-refractivity contribution >= 4 is 0 Å². The van der Waals surface area contributed by atoms with Gasteiger partial charge in [-0.2, -0.15) is 0 Å². The van der Waals surface area contributed by atoms with Gasteiger partial charge < -0.3 is 15.7 Å². The third-order valence-electron chi connectivity index (χ3n) is 2.05. The van der Waals surface area contributed by atoms with Gasteiger partial charge in [0.25, 0.3) is 0 Å². The van der Waals surface area contributed by atoms with E-state index in [2.05, 4.69) is 4.90 Å². The van der Waals surface area contributed by atoms with Gasteiger partial charge in [-0.05, 0) is 25.9 Å². The molecule has 1 rings (SSSR count). The summed E-state index contributed by atoms with van der Waals surface area (Å²) in [7, 11) is 0. The molecule has 0 aromatic heterocycles. The van der Waals surface area contributed by atoms with Gasteiger partial charge >= 0.3 is 0 Å². The van der Waals surface area contributed by atoms with Gasteiger partial charge in [0.05, 0.1) is 6.61 Å². The molecule has 0 spiro atoms. The highest BCUT2D eigenvalue weighted by molar-refractivity contribution is 4.73. The van der Waals surface area contributed by atoms with E-state index in [1.807, 2.05) is 13.8 Å². The summed E-state index contributed by atoms with van der Waals surface area (Å²) in [5.74, 6) is 0. The van der Waals surface area contributed by atoms with Crippen molar-refractivity contribution < 1.29 is 5.11 Å². The Hall–Kier alpha value is -0.120. The predicted octanol–water partition coefficient (Wildman–Crippen LogP) is 0.428. The van der Waals surface area contributed by atoms with E-state index in [4.69, 9.17) is 10.8 Å². The average molecular weight is 174 g/mol. The van der Waals surface area contributed by atoms with Crippen LogP contribution in [-0.4, -0.2) is 42.3 Å². The molecule has 0 aromatic carbocycles. The molecule has 0 radical (unpaired) electrons. The van der Waals surface area contributed by atoms with Crippen LogP contribution in [-0.2, 0) is 0 Å². The Kier molecular flexibility index (Phi) is 7.45. The van der Waals surface area contributed by atoms with Crippen LogP contribution in [0.2, 0.25) is 0 Å². The van der Waals surface area contributed by atoms with Crippen LogP contribution in [0.25, 0.3) is 0 Å². The van der Waals surface area contributed by atoms with Crippen molar-refractivity contribution in [2.24, 2.45) is 5.73 Å². The van der Waals surface area contributed by atoms with Gasteiger partial charge in [-0.15, -0.1) is 0 Å². The van der Waals surface area contributed by atoms with Crippen molar-refractivity contribution in [3.63, 3.8) is 0 Å². The Labute approximate surface area is 75.6 Å². The first-order chi connectivity index (χ1) is 5.83. The normalized spacial score (nSPS) is 20.0. The Morgan fingerprint density at radius 1 is 1.33 bits per heavy atom. The maximum absolute atomic E-state index is 8.61. The smallest absolute Gasteiger partial charge is 0.0558 e. The number of nitrogens with two attached hydrogens (primary N) is 1. The topological polar surface area (TPSA) is 49.5 Å². The summed E-state index contributed by atoms with van der Waals surface area (Å²) in [6.45, 7) is 7.20. The molecule has 12 heavy (non-hydrogen) atoms. The monoisotopic (exact) mass is 174 g/mol. The number of β-amino-alcohol motifs (C(OH)–C–C–N with tert-alkyl or cyclic N) is 1. The molecule has 0 atom stereocenters. The molecule has 1 aliphatic rings. The van der Waals surface area contributed by atoms with Crippen molar-refractivity contribution in [1.29, 1.82) is 0 Å². The minimum Gasteiger partial charge on any atom is -0.395 e. The Balaban J connectivity index is 0.000000561. The SMILES string of the molecule is CC.NC1CCN(CCO)CC1. The van der Waals surface area contributed by atoms with Gasteiger partial charge in [-0.25, -0.2) is 0 Å². The molecule has 0 aromatic rings. The lowest BCUT2D eigenvalue weighted by atomic mass is 10.1. The number of aliphatic hydroxyl groups excluding tert-OH is 1. The minimum absolute atomic E-state index is 0.273. The summed E-state index contributed by atoms with van der Waals surface area (Å²) in [6, 6.07) is 0.398. The van der Waals surface area contributed by atoms with Crippen LogP contribution in [0.1, 0.15) is 26.7 Å². The summed E-state index contributed by atoms with van der Waals surface area (Å²) in [6.07, 6.45) is 2.17. The number of aliphatic hydroxyl groups is 1. The molecule has 1 saturated heterocycles. The Morgan fingerprint density at radius 3 is 2.25 bits per heavy atom. The van der Waals surface area contributed by atoms with Gasteiger partial charge in [-0.3, -0.25) is 0 Å². The van der Waals surface area contributed by atoms with Crippen LogP contribution < -0.4 is 5.73 Å². The third-order valence-corrected chi connectivity index (χ3v) is 2.05. The molecule has 1 aliphatic heterocycles. The molecular weight excluding hydrogens is 152 g/mol. The van der Waals surface area contributed by atoms with E-state index in [1.165, 1.54) is 0 Å². The lowest BCUT2D eigenvalue weighted by Gasteiger charge is -2.29. The van der Waals surface area contributed by atoms with Crippen molar-refractivity contribution in [2.75, 3.05) is 26.2 Å². The molecule has 3 N–H and O–H groups in total. The molecule has 0 amide bonds. The molecular formula is C9H22N2O. The van der Waals surface area contributed by atoms with Crippen molar-refractivity contribution in [3.05, 3.63) is 0 Å². The fraction of sp³-hybridized carbons (Fsp3) is 1.00. The van der Waals surface area contributed by atoms with E-state index < -0.39 is 0 Å². The molecule has 3 heteroatoms. The lowest BCUT2D eigenvalue weighted by Crippen LogP contribution is -2.40. The Morgan fingerprint density at radius 2 is 1.83 bits per heavy atom. The Bertz CT molecular complexity index is 90.5. The van der Waals surface area contributed by atoms with Crippen molar-refractivity contribution in [3.8, 4) is 0 Å². The van der Waals surface area contributed by atoms with E-state index in [9.17, 15) is 0 Å². The van der Waals surface area contributed by atoms with Crippen LogP contribution in [0.3, 0.4) is 0 Å². The fourth-order valence-corrected chi connectivity index (χ4v) is 1.32. The molecule has 1 heterocycles. The highest BCUT2D eigenvalue weighted by atomic mass is 16.3.